The molecule has 1 aromatic rings. The van der Waals surface area contributed by atoms with E-state index in [1.165, 1.54) is 19.3 Å². The van der Waals surface area contributed by atoms with Gasteiger partial charge in [-0.15, -0.1) is 0 Å². The average Bonchev–Trinajstić information content (AvgIpc) is 2.33. The lowest BCUT2D eigenvalue weighted by Crippen LogP contribution is -2.30. The maximum atomic E-state index is 14.2. The summed E-state index contributed by atoms with van der Waals surface area (Å²) in [6.07, 6.45) is 3.92. The molecule has 19 heavy (non-hydrogen) atoms. The molecule has 0 aromatic heterocycles. The zero-order chi connectivity index (χ0) is 13.8. The van der Waals surface area contributed by atoms with Crippen LogP contribution in [-0.4, -0.2) is 20.1 Å². The van der Waals surface area contributed by atoms with Crippen molar-refractivity contribution in [1.82, 2.24) is 5.32 Å². The Morgan fingerprint density at radius 1 is 1.42 bits per heavy atom. The summed E-state index contributed by atoms with van der Waals surface area (Å²) < 4.78 is 14.2. The van der Waals surface area contributed by atoms with E-state index in [-0.39, 0.29) is 11.9 Å². The number of hydrogen-bond donors (Lipinski definition) is 1. The summed E-state index contributed by atoms with van der Waals surface area (Å²) in [5, 5.41) is 3.31. The summed E-state index contributed by atoms with van der Waals surface area (Å²) in [6.45, 7) is 5.99. The molecule has 1 aromatic carbocycles. The molecular weight excluding hydrogens is 239 g/mol. The normalized spacial score (nSPS) is 17.1. The van der Waals surface area contributed by atoms with Gasteiger partial charge >= 0.3 is 0 Å². The van der Waals surface area contributed by atoms with E-state index in [9.17, 15) is 4.39 Å². The fourth-order valence-corrected chi connectivity index (χ4v) is 2.69. The van der Waals surface area contributed by atoms with Crippen LogP contribution in [0.1, 0.15) is 44.7 Å². The maximum absolute atomic E-state index is 14.2. The van der Waals surface area contributed by atoms with Crippen LogP contribution in [0.5, 0.6) is 0 Å². The largest absolute Gasteiger partial charge is 0.372 e. The van der Waals surface area contributed by atoms with Crippen LogP contribution in [0.4, 0.5) is 10.1 Å². The third-order valence-electron chi connectivity index (χ3n) is 4.15. The highest BCUT2D eigenvalue weighted by Gasteiger charge is 2.20. The lowest BCUT2D eigenvalue weighted by molar-refractivity contribution is 0.321. The molecule has 2 rings (SSSR count). The summed E-state index contributed by atoms with van der Waals surface area (Å²) in [5.74, 6) is 0.647. The Hall–Kier alpha value is -1.09. The molecule has 0 radical (unpaired) electrons. The standard InChI is InChI=1S/C16H25FN2/c1-4-18-12(2)14-8-9-16(15(17)10-14)19(3)11-13-6-5-7-13/h8-10,12-13,18H,4-7,11H2,1-3H3. The summed E-state index contributed by atoms with van der Waals surface area (Å²) in [6, 6.07) is 5.81. The smallest absolute Gasteiger partial charge is 0.146 e. The predicted molar refractivity (Wildman–Crippen MR) is 79.1 cm³/mol. The summed E-state index contributed by atoms with van der Waals surface area (Å²) in [5.41, 5.74) is 1.74. The van der Waals surface area contributed by atoms with E-state index in [1.54, 1.807) is 6.07 Å². The van der Waals surface area contributed by atoms with Gasteiger partial charge in [0.05, 0.1) is 5.69 Å². The van der Waals surface area contributed by atoms with Crippen LogP contribution in [0.2, 0.25) is 0 Å². The van der Waals surface area contributed by atoms with Crippen molar-refractivity contribution < 1.29 is 4.39 Å². The number of benzene rings is 1. The monoisotopic (exact) mass is 264 g/mol. The fraction of sp³-hybridized carbons (Fsp3) is 0.625. The minimum absolute atomic E-state index is 0.107. The van der Waals surface area contributed by atoms with E-state index in [0.29, 0.717) is 0 Å². The van der Waals surface area contributed by atoms with E-state index in [4.69, 9.17) is 0 Å². The second kappa shape index (κ2) is 6.38. The van der Waals surface area contributed by atoms with Gasteiger partial charge < -0.3 is 10.2 Å². The molecule has 0 heterocycles. The van der Waals surface area contributed by atoms with Gasteiger partial charge in [-0.25, -0.2) is 4.39 Å². The van der Waals surface area contributed by atoms with Crippen LogP contribution in [0, 0.1) is 11.7 Å². The number of hydrogen-bond acceptors (Lipinski definition) is 2. The number of anilines is 1. The van der Waals surface area contributed by atoms with Gasteiger partial charge in [0, 0.05) is 19.6 Å². The van der Waals surface area contributed by atoms with Crippen LogP contribution in [0.25, 0.3) is 0 Å². The van der Waals surface area contributed by atoms with Gasteiger partial charge in [0.25, 0.3) is 0 Å². The van der Waals surface area contributed by atoms with Gasteiger partial charge in [0.1, 0.15) is 5.82 Å². The van der Waals surface area contributed by atoms with Gasteiger partial charge in [0.15, 0.2) is 0 Å². The third kappa shape index (κ3) is 3.47. The van der Waals surface area contributed by atoms with Crippen LogP contribution in [0.3, 0.4) is 0 Å². The van der Waals surface area contributed by atoms with Gasteiger partial charge in [-0.3, -0.25) is 0 Å². The molecular formula is C16H25FN2. The zero-order valence-electron chi connectivity index (χ0n) is 12.2. The van der Waals surface area contributed by atoms with Crippen LogP contribution < -0.4 is 10.2 Å². The molecule has 0 amide bonds. The van der Waals surface area contributed by atoms with E-state index >= 15 is 0 Å². The molecule has 1 fully saturated rings. The van der Waals surface area contributed by atoms with Crippen molar-refractivity contribution >= 4 is 5.69 Å². The number of halogens is 1. The van der Waals surface area contributed by atoms with Crippen molar-refractivity contribution in [2.75, 3.05) is 25.0 Å². The molecule has 1 aliphatic carbocycles. The number of nitrogens with zero attached hydrogens (tertiary/aromatic N) is 1. The number of rotatable bonds is 6. The molecule has 0 spiro atoms. The summed E-state index contributed by atoms with van der Waals surface area (Å²) >= 11 is 0. The van der Waals surface area contributed by atoms with Crippen molar-refractivity contribution in [2.24, 2.45) is 5.92 Å². The highest BCUT2D eigenvalue weighted by molar-refractivity contribution is 5.49. The topological polar surface area (TPSA) is 15.3 Å². The fourth-order valence-electron chi connectivity index (χ4n) is 2.69. The molecule has 1 unspecified atom stereocenters. The van der Waals surface area contributed by atoms with Crippen molar-refractivity contribution in [1.29, 1.82) is 0 Å². The van der Waals surface area contributed by atoms with Gasteiger partial charge in [-0.05, 0) is 49.9 Å². The molecule has 0 bridgehead atoms. The van der Waals surface area contributed by atoms with Crippen molar-refractivity contribution in [3.63, 3.8) is 0 Å². The molecule has 106 valence electrons. The van der Waals surface area contributed by atoms with Crippen molar-refractivity contribution in [3.8, 4) is 0 Å². The van der Waals surface area contributed by atoms with E-state index in [2.05, 4.69) is 24.1 Å². The van der Waals surface area contributed by atoms with Gasteiger partial charge in [0.2, 0.25) is 0 Å². The Morgan fingerprint density at radius 2 is 2.16 bits per heavy atom. The highest BCUT2D eigenvalue weighted by Crippen LogP contribution is 2.29. The molecule has 1 N–H and O–H groups in total. The Bertz CT molecular complexity index is 415. The third-order valence-corrected chi connectivity index (χ3v) is 4.15. The van der Waals surface area contributed by atoms with Crippen LogP contribution in [-0.2, 0) is 0 Å². The SMILES string of the molecule is CCNC(C)c1ccc(N(C)CC2CCC2)c(F)c1. The van der Waals surface area contributed by atoms with E-state index < -0.39 is 0 Å². The van der Waals surface area contributed by atoms with E-state index in [0.717, 1.165) is 30.3 Å². The van der Waals surface area contributed by atoms with E-state index in [1.807, 2.05) is 19.2 Å². The Balaban J connectivity index is 2.05. The van der Waals surface area contributed by atoms with Crippen molar-refractivity contribution in [2.45, 2.75) is 39.2 Å². The molecule has 1 saturated carbocycles. The first-order valence-corrected chi connectivity index (χ1v) is 7.35. The second-order valence-electron chi connectivity index (χ2n) is 5.67. The minimum Gasteiger partial charge on any atom is -0.372 e. The first-order chi connectivity index (χ1) is 9.11. The summed E-state index contributed by atoms with van der Waals surface area (Å²) in [7, 11) is 1.99. The zero-order valence-corrected chi connectivity index (χ0v) is 12.2. The Kier molecular flexibility index (Phi) is 4.81. The number of nitrogens with one attached hydrogen (secondary N) is 1. The van der Waals surface area contributed by atoms with Crippen LogP contribution >= 0.6 is 0 Å². The lowest BCUT2D eigenvalue weighted by Gasteiger charge is -2.31. The van der Waals surface area contributed by atoms with Gasteiger partial charge in [-0.2, -0.15) is 0 Å². The molecule has 3 heteroatoms. The highest BCUT2D eigenvalue weighted by atomic mass is 19.1. The van der Waals surface area contributed by atoms with Crippen LogP contribution in [0.15, 0.2) is 18.2 Å². The van der Waals surface area contributed by atoms with Crippen molar-refractivity contribution in [3.05, 3.63) is 29.6 Å². The Morgan fingerprint density at radius 3 is 2.68 bits per heavy atom. The predicted octanol–water partition coefficient (Wildman–Crippen LogP) is 3.73. The maximum Gasteiger partial charge on any atom is 0.146 e. The molecule has 0 aliphatic heterocycles. The molecule has 1 aliphatic rings. The molecule has 2 nitrogen and oxygen atoms in total. The lowest BCUT2D eigenvalue weighted by atomic mass is 9.85. The quantitative estimate of drug-likeness (QED) is 0.842. The first kappa shape index (κ1) is 14.3. The molecule has 0 saturated heterocycles. The minimum atomic E-state index is -0.107. The Labute approximate surface area is 116 Å². The van der Waals surface area contributed by atoms with Gasteiger partial charge in [-0.1, -0.05) is 19.4 Å². The first-order valence-electron chi connectivity index (χ1n) is 7.35. The molecule has 1 atom stereocenters. The summed E-state index contributed by atoms with van der Waals surface area (Å²) in [4.78, 5) is 2.06. The average molecular weight is 264 g/mol. The second-order valence-corrected chi connectivity index (χ2v) is 5.67.